The summed E-state index contributed by atoms with van der Waals surface area (Å²) in [6.45, 7) is 0. The molecule has 0 atom stereocenters. The van der Waals surface area contributed by atoms with E-state index in [2.05, 4.69) is 9.72 Å². The van der Waals surface area contributed by atoms with Crippen LogP contribution in [0.3, 0.4) is 0 Å². The number of rotatable bonds is 1. The van der Waals surface area contributed by atoms with Gasteiger partial charge in [0.05, 0.1) is 7.11 Å². The van der Waals surface area contributed by atoms with Gasteiger partial charge in [-0.15, -0.1) is 0 Å². The first kappa shape index (κ1) is 9.37. The Bertz CT molecular complexity index is 316. The van der Waals surface area contributed by atoms with Gasteiger partial charge in [0.1, 0.15) is 0 Å². The molecule has 0 spiro atoms. The number of nitrogens with zero attached hydrogens (tertiary/aromatic N) is 1. The monoisotopic (exact) mass is 281 g/mol. The molecule has 1 aromatic heterocycles. The Balaban J connectivity index is 3.09. The first-order chi connectivity index (χ1) is 5.65. The Morgan fingerprint density at radius 1 is 1.75 bits per heavy atom. The molecule has 0 aliphatic rings. The fourth-order valence-electron chi connectivity index (χ4n) is 0.661. The van der Waals surface area contributed by atoms with Crippen LogP contribution in [-0.2, 0) is 4.74 Å². The molecule has 1 aromatic rings. The number of hydrogen-bond donors (Lipinski definition) is 0. The highest BCUT2D eigenvalue weighted by atomic mass is 127. The van der Waals surface area contributed by atoms with Crippen LogP contribution in [0.4, 0.5) is 4.39 Å². The van der Waals surface area contributed by atoms with Gasteiger partial charge in [-0.2, -0.15) is 0 Å². The lowest BCUT2D eigenvalue weighted by molar-refractivity contribution is 0.0588. The zero-order valence-corrected chi connectivity index (χ0v) is 8.33. The molecule has 3 nitrogen and oxygen atoms in total. The van der Waals surface area contributed by atoms with E-state index >= 15 is 0 Å². The zero-order chi connectivity index (χ0) is 9.14. The minimum atomic E-state index is -0.760. The molecule has 5 heteroatoms. The van der Waals surface area contributed by atoms with Crippen molar-refractivity contribution in [2.75, 3.05) is 7.11 Å². The lowest BCUT2D eigenvalue weighted by Crippen LogP contribution is -2.07. The van der Waals surface area contributed by atoms with E-state index in [4.69, 9.17) is 0 Å². The molecule has 0 bridgehead atoms. The maximum atomic E-state index is 12.9. The summed E-state index contributed by atoms with van der Waals surface area (Å²) < 4.78 is 17.9. The van der Waals surface area contributed by atoms with Crippen molar-refractivity contribution in [2.45, 2.75) is 0 Å². The van der Waals surface area contributed by atoms with E-state index in [9.17, 15) is 9.18 Å². The first-order valence-corrected chi connectivity index (χ1v) is 4.12. The zero-order valence-electron chi connectivity index (χ0n) is 6.17. The molecule has 0 N–H and O–H groups in total. The summed E-state index contributed by atoms with van der Waals surface area (Å²) in [7, 11) is 1.18. The number of methoxy groups -OCH3 is 1. The SMILES string of the molecule is COC(=O)c1ncc(I)cc1F. The summed E-state index contributed by atoms with van der Waals surface area (Å²) in [6.07, 6.45) is 1.40. The van der Waals surface area contributed by atoms with Crippen LogP contribution in [0.5, 0.6) is 0 Å². The molecule has 0 amide bonds. The topological polar surface area (TPSA) is 39.2 Å². The van der Waals surface area contributed by atoms with Crippen LogP contribution >= 0.6 is 22.6 Å². The Hall–Kier alpha value is -0.720. The van der Waals surface area contributed by atoms with E-state index in [1.165, 1.54) is 19.4 Å². The summed E-state index contributed by atoms with van der Waals surface area (Å²) in [5.74, 6) is -1.42. The number of hydrogen-bond acceptors (Lipinski definition) is 3. The molecule has 0 fully saturated rings. The van der Waals surface area contributed by atoms with Crippen molar-refractivity contribution in [2.24, 2.45) is 0 Å². The van der Waals surface area contributed by atoms with Crippen LogP contribution in [0.1, 0.15) is 10.5 Å². The van der Waals surface area contributed by atoms with Crippen molar-refractivity contribution >= 4 is 28.6 Å². The standard InChI is InChI=1S/C7H5FINO2/c1-12-7(11)6-5(8)2-4(9)3-10-6/h2-3H,1H3. The van der Waals surface area contributed by atoms with E-state index in [0.717, 1.165) is 0 Å². The number of aromatic nitrogens is 1. The van der Waals surface area contributed by atoms with E-state index in [1.54, 1.807) is 0 Å². The molecule has 0 radical (unpaired) electrons. The van der Waals surface area contributed by atoms with Crippen LogP contribution in [0.25, 0.3) is 0 Å². The molecule has 0 aliphatic carbocycles. The lowest BCUT2D eigenvalue weighted by atomic mass is 10.3. The molecular weight excluding hydrogens is 276 g/mol. The average Bonchev–Trinajstić information content (AvgIpc) is 2.03. The van der Waals surface area contributed by atoms with Gasteiger partial charge in [-0.05, 0) is 28.7 Å². The quantitative estimate of drug-likeness (QED) is 0.580. The maximum Gasteiger partial charge on any atom is 0.359 e. The molecule has 12 heavy (non-hydrogen) atoms. The summed E-state index contributed by atoms with van der Waals surface area (Å²) >= 11 is 1.90. The van der Waals surface area contributed by atoms with Crippen LogP contribution in [-0.4, -0.2) is 18.1 Å². The van der Waals surface area contributed by atoms with Crippen molar-refractivity contribution in [3.8, 4) is 0 Å². The Labute approximate surface area is 82.1 Å². The summed E-state index contributed by atoms with van der Waals surface area (Å²) in [6, 6.07) is 1.22. The molecular formula is C7H5FINO2. The van der Waals surface area contributed by atoms with Crippen molar-refractivity contribution in [1.29, 1.82) is 0 Å². The third-order valence-electron chi connectivity index (χ3n) is 1.19. The Morgan fingerprint density at radius 3 is 2.92 bits per heavy atom. The third kappa shape index (κ3) is 1.90. The number of halogens is 2. The number of esters is 1. The van der Waals surface area contributed by atoms with Crippen molar-refractivity contribution < 1.29 is 13.9 Å². The molecule has 1 rings (SSSR count). The summed E-state index contributed by atoms with van der Waals surface area (Å²) in [5.41, 5.74) is -0.280. The number of carbonyl (C=O) groups excluding carboxylic acids is 1. The smallest absolute Gasteiger partial charge is 0.359 e. The minimum absolute atomic E-state index is 0.280. The van der Waals surface area contributed by atoms with Crippen molar-refractivity contribution in [1.82, 2.24) is 4.98 Å². The largest absolute Gasteiger partial charge is 0.464 e. The number of pyridine rings is 1. The van der Waals surface area contributed by atoms with Crippen LogP contribution in [0.2, 0.25) is 0 Å². The first-order valence-electron chi connectivity index (χ1n) is 3.04. The highest BCUT2D eigenvalue weighted by molar-refractivity contribution is 14.1. The van der Waals surface area contributed by atoms with E-state index in [1.807, 2.05) is 22.6 Å². The third-order valence-corrected chi connectivity index (χ3v) is 1.78. The van der Waals surface area contributed by atoms with Crippen LogP contribution in [0.15, 0.2) is 12.3 Å². The molecule has 0 aliphatic heterocycles. The highest BCUT2D eigenvalue weighted by Gasteiger charge is 2.13. The van der Waals surface area contributed by atoms with Gasteiger partial charge in [-0.25, -0.2) is 14.2 Å². The molecule has 0 saturated heterocycles. The van der Waals surface area contributed by atoms with Gasteiger partial charge in [0, 0.05) is 9.77 Å². The van der Waals surface area contributed by atoms with E-state index in [0.29, 0.717) is 3.57 Å². The minimum Gasteiger partial charge on any atom is -0.464 e. The van der Waals surface area contributed by atoms with Gasteiger partial charge in [-0.1, -0.05) is 0 Å². The van der Waals surface area contributed by atoms with Gasteiger partial charge >= 0.3 is 5.97 Å². The van der Waals surface area contributed by atoms with E-state index in [-0.39, 0.29) is 5.69 Å². The normalized spacial score (nSPS) is 9.58. The molecule has 0 aromatic carbocycles. The van der Waals surface area contributed by atoms with Crippen LogP contribution in [0, 0.1) is 9.39 Å². The second-order valence-corrected chi connectivity index (χ2v) is 3.22. The van der Waals surface area contributed by atoms with Gasteiger partial charge in [0.25, 0.3) is 0 Å². The fraction of sp³-hybridized carbons (Fsp3) is 0.143. The van der Waals surface area contributed by atoms with E-state index < -0.39 is 11.8 Å². The molecule has 64 valence electrons. The van der Waals surface area contributed by atoms with Gasteiger partial charge in [0.15, 0.2) is 11.5 Å². The molecule has 0 saturated carbocycles. The predicted molar refractivity (Wildman–Crippen MR) is 48.3 cm³/mol. The van der Waals surface area contributed by atoms with Crippen molar-refractivity contribution in [3.63, 3.8) is 0 Å². The Morgan fingerprint density at radius 2 is 2.42 bits per heavy atom. The second kappa shape index (κ2) is 3.79. The number of carbonyl (C=O) groups is 1. The van der Waals surface area contributed by atoms with Crippen LogP contribution < -0.4 is 0 Å². The molecule has 0 unspecified atom stereocenters. The molecule has 1 heterocycles. The summed E-state index contributed by atoms with van der Waals surface area (Å²) in [5, 5.41) is 0. The maximum absolute atomic E-state index is 12.9. The highest BCUT2D eigenvalue weighted by Crippen LogP contribution is 2.09. The Kier molecular flexibility index (Phi) is 2.96. The fourth-order valence-corrected chi connectivity index (χ4v) is 1.07. The van der Waals surface area contributed by atoms with Gasteiger partial charge in [0.2, 0.25) is 0 Å². The average molecular weight is 281 g/mol. The van der Waals surface area contributed by atoms with Gasteiger partial charge in [-0.3, -0.25) is 0 Å². The second-order valence-electron chi connectivity index (χ2n) is 1.98. The summed E-state index contributed by atoms with van der Waals surface area (Å²) in [4.78, 5) is 14.4. The lowest BCUT2D eigenvalue weighted by Gasteiger charge is -1.99. The van der Waals surface area contributed by atoms with Gasteiger partial charge < -0.3 is 4.74 Å². The van der Waals surface area contributed by atoms with Crippen molar-refractivity contribution in [3.05, 3.63) is 27.3 Å². The number of ether oxygens (including phenoxy) is 1. The predicted octanol–water partition coefficient (Wildman–Crippen LogP) is 1.61.